The van der Waals surface area contributed by atoms with Crippen molar-refractivity contribution < 1.29 is 14.5 Å². The van der Waals surface area contributed by atoms with Crippen LogP contribution in [0, 0.1) is 17.0 Å². The summed E-state index contributed by atoms with van der Waals surface area (Å²) in [6.45, 7) is 3.50. The number of rotatable bonds is 6. The maximum Gasteiger partial charge on any atom is 0.271 e. The van der Waals surface area contributed by atoms with Crippen molar-refractivity contribution in [2.75, 3.05) is 5.32 Å². The number of nitro groups is 1. The van der Waals surface area contributed by atoms with Crippen LogP contribution in [0.15, 0.2) is 52.0 Å². The summed E-state index contributed by atoms with van der Waals surface area (Å²) in [7, 11) is 0. The maximum absolute atomic E-state index is 12.1. The number of nitrogens with zero attached hydrogens (tertiary/aromatic N) is 2. The van der Waals surface area contributed by atoms with E-state index in [9.17, 15) is 19.7 Å². The molecule has 0 aromatic heterocycles. The molecule has 2 aromatic carbocycles. The highest BCUT2D eigenvalue weighted by molar-refractivity contribution is 9.10. The Morgan fingerprint density at radius 3 is 2.44 bits per heavy atom. The summed E-state index contributed by atoms with van der Waals surface area (Å²) in [4.78, 5) is 34.2. The molecular formula is C18H17BrN4O4. The summed E-state index contributed by atoms with van der Waals surface area (Å²) < 4.78 is 0.921. The molecule has 0 aliphatic heterocycles. The highest BCUT2D eigenvalue weighted by Gasteiger charge is 2.10. The molecule has 0 aliphatic carbocycles. The van der Waals surface area contributed by atoms with Crippen LogP contribution in [0.2, 0.25) is 0 Å². The number of nitrogens with one attached hydrogen (secondary N) is 2. The van der Waals surface area contributed by atoms with Gasteiger partial charge in [0.15, 0.2) is 0 Å². The van der Waals surface area contributed by atoms with E-state index in [4.69, 9.17) is 0 Å². The lowest BCUT2D eigenvalue weighted by Crippen LogP contribution is -2.21. The summed E-state index contributed by atoms with van der Waals surface area (Å²) >= 11 is 3.36. The molecule has 8 nitrogen and oxygen atoms in total. The molecule has 0 unspecified atom stereocenters. The second-order valence-corrected chi connectivity index (χ2v) is 6.69. The Morgan fingerprint density at radius 2 is 1.85 bits per heavy atom. The predicted molar refractivity (Wildman–Crippen MR) is 106 cm³/mol. The maximum atomic E-state index is 12.1. The fourth-order valence-corrected chi connectivity index (χ4v) is 2.65. The molecule has 2 N–H and O–H groups in total. The number of hydrazone groups is 1. The van der Waals surface area contributed by atoms with E-state index >= 15 is 0 Å². The molecule has 0 radical (unpaired) electrons. The van der Waals surface area contributed by atoms with Crippen LogP contribution in [0.1, 0.15) is 29.3 Å². The number of halogens is 1. The third-order valence-electron chi connectivity index (χ3n) is 3.57. The first kappa shape index (κ1) is 20.2. The normalized spacial score (nSPS) is 11.0. The van der Waals surface area contributed by atoms with Gasteiger partial charge in [0.1, 0.15) is 0 Å². The second-order valence-electron chi connectivity index (χ2n) is 5.78. The second kappa shape index (κ2) is 9.04. The molecule has 2 amide bonds. The van der Waals surface area contributed by atoms with Crippen LogP contribution in [-0.2, 0) is 4.79 Å². The fraction of sp³-hybridized carbons (Fsp3) is 0.167. The highest BCUT2D eigenvalue weighted by atomic mass is 79.9. The van der Waals surface area contributed by atoms with Gasteiger partial charge in [-0.2, -0.15) is 5.10 Å². The average Bonchev–Trinajstić information content (AvgIpc) is 2.62. The zero-order chi connectivity index (χ0) is 20.0. The van der Waals surface area contributed by atoms with Crippen molar-refractivity contribution in [3.8, 4) is 0 Å². The number of carbonyl (C=O) groups excluding carboxylic acids is 2. The van der Waals surface area contributed by atoms with Crippen molar-refractivity contribution in [2.24, 2.45) is 5.10 Å². The zero-order valence-corrected chi connectivity index (χ0v) is 16.2. The van der Waals surface area contributed by atoms with Gasteiger partial charge in [-0.05, 0) is 49.7 Å². The van der Waals surface area contributed by atoms with Gasteiger partial charge in [-0.25, -0.2) is 5.43 Å². The van der Waals surface area contributed by atoms with Crippen LogP contribution in [-0.4, -0.2) is 22.4 Å². The molecule has 0 bridgehead atoms. The van der Waals surface area contributed by atoms with E-state index in [0.717, 1.165) is 10.0 Å². The number of carbonyl (C=O) groups is 2. The third-order valence-corrected chi connectivity index (χ3v) is 4.06. The lowest BCUT2D eigenvalue weighted by molar-refractivity contribution is -0.384. The minimum atomic E-state index is -0.546. The molecule has 0 fully saturated rings. The quantitative estimate of drug-likeness (QED) is 0.410. The van der Waals surface area contributed by atoms with Crippen LogP contribution >= 0.6 is 15.9 Å². The summed E-state index contributed by atoms with van der Waals surface area (Å²) in [6, 6.07) is 10.6. The molecule has 140 valence electrons. The number of hydrogen-bond donors (Lipinski definition) is 2. The van der Waals surface area contributed by atoms with Crippen LogP contribution in [0.4, 0.5) is 11.4 Å². The largest absolute Gasteiger partial charge is 0.326 e. The van der Waals surface area contributed by atoms with Crippen molar-refractivity contribution in [3.05, 3.63) is 68.2 Å². The Hall–Kier alpha value is -3.07. The molecule has 9 heteroatoms. The lowest BCUT2D eigenvalue weighted by atomic mass is 10.2. The number of non-ortho nitro benzene ring substituents is 1. The Bertz CT molecular complexity index is 910. The van der Waals surface area contributed by atoms with Gasteiger partial charge in [0, 0.05) is 33.6 Å². The van der Waals surface area contributed by atoms with Crippen molar-refractivity contribution in [2.45, 2.75) is 20.3 Å². The number of anilines is 1. The average molecular weight is 433 g/mol. The Balaban J connectivity index is 1.91. The molecule has 2 aromatic rings. The predicted octanol–water partition coefficient (Wildman–Crippen LogP) is 3.80. The van der Waals surface area contributed by atoms with Crippen LogP contribution in [0.5, 0.6) is 0 Å². The number of benzene rings is 2. The molecule has 27 heavy (non-hydrogen) atoms. The summed E-state index contributed by atoms with van der Waals surface area (Å²) in [6.07, 6.45) is 0.00997. The topological polar surface area (TPSA) is 114 Å². The third kappa shape index (κ3) is 6.00. The summed E-state index contributed by atoms with van der Waals surface area (Å²) in [5.41, 5.74) is 4.48. The first-order valence-electron chi connectivity index (χ1n) is 7.90. The van der Waals surface area contributed by atoms with E-state index in [1.54, 1.807) is 13.0 Å². The van der Waals surface area contributed by atoms with E-state index in [0.29, 0.717) is 11.4 Å². The molecule has 0 heterocycles. The van der Waals surface area contributed by atoms with Crippen molar-refractivity contribution in [1.82, 2.24) is 5.43 Å². The van der Waals surface area contributed by atoms with E-state index in [1.807, 2.05) is 19.1 Å². The van der Waals surface area contributed by atoms with Gasteiger partial charge >= 0.3 is 0 Å². The SMILES string of the molecule is CC(CC(=O)Nc1ccc(Br)cc1C)=NNC(=O)c1ccc([N+](=O)[O-])cc1. The van der Waals surface area contributed by atoms with E-state index in [2.05, 4.69) is 31.8 Å². The van der Waals surface area contributed by atoms with Crippen LogP contribution < -0.4 is 10.7 Å². The Labute approximate surface area is 163 Å². The van der Waals surface area contributed by atoms with E-state index in [1.165, 1.54) is 24.3 Å². The molecule has 0 saturated carbocycles. The summed E-state index contributed by atoms with van der Waals surface area (Å²) in [5.74, 6) is -0.778. The number of hydrogen-bond acceptors (Lipinski definition) is 5. The molecule has 0 saturated heterocycles. The first-order chi connectivity index (χ1) is 12.8. The van der Waals surface area contributed by atoms with Gasteiger partial charge in [0.25, 0.3) is 11.6 Å². The number of nitro benzene ring substituents is 1. The molecule has 2 rings (SSSR count). The first-order valence-corrected chi connectivity index (χ1v) is 8.69. The minimum absolute atomic E-state index is 0.00997. The monoisotopic (exact) mass is 432 g/mol. The Kier molecular flexibility index (Phi) is 6.78. The van der Waals surface area contributed by atoms with Crippen molar-refractivity contribution >= 4 is 44.8 Å². The van der Waals surface area contributed by atoms with Gasteiger partial charge in [0.2, 0.25) is 5.91 Å². The van der Waals surface area contributed by atoms with E-state index in [-0.39, 0.29) is 23.6 Å². The van der Waals surface area contributed by atoms with Crippen LogP contribution in [0.3, 0.4) is 0 Å². The molecule has 0 aliphatic rings. The van der Waals surface area contributed by atoms with E-state index < -0.39 is 10.8 Å². The smallest absolute Gasteiger partial charge is 0.271 e. The van der Waals surface area contributed by atoms with Gasteiger partial charge in [0.05, 0.1) is 11.3 Å². The van der Waals surface area contributed by atoms with Crippen LogP contribution in [0.25, 0.3) is 0 Å². The van der Waals surface area contributed by atoms with Gasteiger partial charge in [-0.1, -0.05) is 15.9 Å². The zero-order valence-electron chi connectivity index (χ0n) is 14.7. The lowest BCUT2D eigenvalue weighted by Gasteiger charge is -2.09. The molecule has 0 atom stereocenters. The fourth-order valence-electron chi connectivity index (χ4n) is 2.18. The number of amides is 2. The molecule has 0 spiro atoms. The Morgan fingerprint density at radius 1 is 1.19 bits per heavy atom. The van der Waals surface area contributed by atoms with Gasteiger partial charge in [-0.3, -0.25) is 19.7 Å². The van der Waals surface area contributed by atoms with Crippen molar-refractivity contribution in [1.29, 1.82) is 0 Å². The number of aryl methyl sites for hydroxylation is 1. The standard InChI is InChI=1S/C18H17BrN4O4/c1-11-9-14(19)5-8-16(11)20-17(24)10-12(2)21-22-18(25)13-3-6-15(7-4-13)23(26)27/h3-9H,10H2,1-2H3,(H,20,24)(H,22,25). The van der Waals surface area contributed by atoms with Gasteiger partial charge in [-0.15, -0.1) is 0 Å². The summed E-state index contributed by atoms with van der Waals surface area (Å²) in [5, 5.41) is 17.3. The molecular weight excluding hydrogens is 416 g/mol. The highest BCUT2D eigenvalue weighted by Crippen LogP contribution is 2.20. The van der Waals surface area contributed by atoms with Crippen molar-refractivity contribution in [3.63, 3.8) is 0 Å². The van der Waals surface area contributed by atoms with Gasteiger partial charge < -0.3 is 5.32 Å². The minimum Gasteiger partial charge on any atom is -0.326 e.